The zero-order valence-electron chi connectivity index (χ0n) is 12.4. The van der Waals surface area contributed by atoms with Crippen molar-refractivity contribution in [2.75, 3.05) is 24.5 Å². The third-order valence-electron chi connectivity index (χ3n) is 3.77. The molecule has 0 radical (unpaired) electrons. The number of nitrogens with two attached hydrogens (primary N) is 1. The second kappa shape index (κ2) is 5.40. The number of anilines is 1. The highest BCUT2D eigenvalue weighted by atomic mass is 16.4. The highest BCUT2D eigenvalue weighted by Crippen LogP contribution is 2.27. The van der Waals surface area contributed by atoms with Crippen LogP contribution in [-0.2, 0) is 5.41 Å². The number of carboxylic acids is 1. The number of hydrogen-bond acceptors (Lipinski definition) is 4. The predicted octanol–water partition coefficient (Wildman–Crippen LogP) is 1.86. The first-order valence-corrected chi connectivity index (χ1v) is 7.02. The van der Waals surface area contributed by atoms with Crippen LogP contribution in [0.25, 0.3) is 0 Å². The molecule has 0 aliphatic carbocycles. The SMILES string of the molecule is CC(C)(C)c1cc(C(=O)O)cc(N2CCC(CN)C2)n1. The Labute approximate surface area is 119 Å². The molecule has 0 amide bonds. The summed E-state index contributed by atoms with van der Waals surface area (Å²) in [5.74, 6) is 0.322. The summed E-state index contributed by atoms with van der Waals surface area (Å²) in [4.78, 5) is 18.1. The molecular weight excluding hydrogens is 254 g/mol. The summed E-state index contributed by atoms with van der Waals surface area (Å²) in [5.41, 5.74) is 6.65. The van der Waals surface area contributed by atoms with Crippen molar-refractivity contribution < 1.29 is 9.90 Å². The summed E-state index contributed by atoms with van der Waals surface area (Å²) in [5, 5.41) is 9.27. The van der Waals surface area contributed by atoms with Crippen LogP contribution in [0, 0.1) is 5.92 Å². The average Bonchev–Trinajstić information content (AvgIpc) is 2.86. The summed E-state index contributed by atoms with van der Waals surface area (Å²) >= 11 is 0. The molecule has 0 bridgehead atoms. The van der Waals surface area contributed by atoms with Crippen LogP contribution in [0.1, 0.15) is 43.2 Å². The van der Waals surface area contributed by atoms with Crippen molar-refractivity contribution in [1.82, 2.24) is 4.98 Å². The van der Waals surface area contributed by atoms with Gasteiger partial charge in [-0.05, 0) is 31.0 Å². The second-order valence-electron chi connectivity index (χ2n) is 6.49. The van der Waals surface area contributed by atoms with Crippen molar-refractivity contribution in [3.63, 3.8) is 0 Å². The lowest BCUT2D eigenvalue weighted by Gasteiger charge is -2.23. The molecule has 5 heteroatoms. The van der Waals surface area contributed by atoms with Crippen LogP contribution in [0.2, 0.25) is 0 Å². The molecule has 110 valence electrons. The van der Waals surface area contributed by atoms with Crippen molar-refractivity contribution in [2.24, 2.45) is 11.7 Å². The van der Waals surface area contributed by atoms with E-state index in [1.807, 2.05) is 20.8 Å². The molecular formula is C15H23N3O2. The van der Waals surface area contributed by atoms with E-state index < -0.39 is 5.97 Å². The van der Waals surface area contributed by atoms with E-state index in [1.165, 1.54) is 0 Å². The van der Waals surface area contributed by atoms with Crippen LogP contribution >= 0.6 is 0 Å². The quantitative estimate of drug-likeness (QED) is 0.881. The molecule has 2 rings (SSSR count). The van der Waals surface area contributed by atoms with Crippen molar-refractivity contribution in [3.05, 3.63) is 23.4 Å². The zero-order chi connectivity index (χ0) is 14.9. The van der Waals surface area contributed by atoms with Crippen LogP contribution in [0.15, 0.2) is 12.1 Å². The molecule has 1 fully saturated rings. The predicted molar refractivity (Wildman–Crippen MR) is 79.3 cm³/mol. The van der Waals surface area contributed by atoms with E-state index in [0.29, 0.717) is 18.0 Å². The standard InChI is InChI=1S/C15H23N3O2/c1-15(2,3)12-6-11(14(19)20)7-13(17-12)18-5-4-10(8-16)9-18/h6-7,10H,4-5,8-9,16H2,1-3H3,(H,19,20). The Kier molecular flexibility index (Phi) is 3.99. The number of carboxylic acid groups (broad SMARTS) is 1. The van der Waals surface area contributed by atoms with Crippen LogP contribution in [-0.4, -0.2) is 35.7 Å². The molecule has 0 saturated carbocycles. The van der Waals surface area contributed by atoms with Gasteiger partial charge in [0, 0.05) is 24.2 Å². The van der Waals surface area contributed by atoms with Gasteiger partial charge in [0.2, 0.25) is 0 Å². The molecule has 1 aromatic heterocycles. The molecule has 0 spiro atoms. The van der Waals surface area contributed by atoms with E-state index in [9.17, 15) is 9.90 Å². The normalized spacial score (nSPS) is 19.4. The zero-order valence-corrected chi connectivity index (χ0v) is 12.4. The minimum absolute atomic E-state index is 0.173. The Morgan fingerprint density at radius 2 is 2.20 bits per heavy atom. The van der Waals surface area contributed by atoms with Crippen molar-refractivity contribution in [1.29, 1.82) is 0 Å². The van der Waals surface area contributed by atoms with Gasteiger partial charge in [0.15, 0.2) is 0 Å². The van der Waals surface area contributed by atoms with Gasteiger partial charge in [-0.1, -0.05) is 20.8 Å². The molecule has 5 nitrogen and oxygen atoms in total. The minimum atomic E-state index is -0.909. The number of hydrogen-bond donors (Lipinski definition) is 2. The van der Waals surface area contributed by atoms with Crippen molar-refractivity contribution in [3.8, 4) is 0 Å². The molecule has 1 unspecified atom stereocenters. The number of carbonyl (C=O) groups is 1. The first kappa shape index (κ1) is 14.8. The first-order chi connectivity index (χ1) is 9.31. The van der Waals surface area contributed by atoms with Crippen LogP contribution in [0.3, 0.4) is 0 Å². The Morgan fingerprint density at radius 3 is 2.70 bits per heavy atom. The van der Waals surface area contributed by atoms with Crippen molar-refractivity contribution >= 4 is 11.8 Å². The Balaban J connectivity index is 2.38. The van der Waals surface area contributed by atoms with Gasteiger partial charge in [-0.25, -0.2) is 9.78 Å². The second-order valence-corrected chi connectivity index (χ2v) is 6.49. The summed E-state index contributed by atoms with van der Waals surface area (Å²) in [7, 11) is 0. The van der Waals surface area contributed by atoms with Gasteiger partial charge < -0.3 is 15.7 Å². The van der Waals surface area contributed by atoms with Gasteiger partial charge in [0.1, 0.15) is 5.82 Å². The maximum absolute atomic E-state index is 11.3. The van der Waals surface area contributed by atoms with Gasteiger partial charge in [0.25, 0.3) is 0 Å². The smallest absolute Gasteiger partial charge is 0.335 e. The summed E-state index contributed by atoms with van der Waals surface area (Å²) in [6.07, 6.45) is 1.04. The maximum Gasteiger partial charge on any atom is 0.335 e. The number of pyridine rings is 1. The molecule has 2 heterocycles. The largest absolute Gasteiger partial charge is 0.478 e. The van der Waals surface area contributed by atoms with E-state index in [-0.39, 0.29) is 5.41 Å². The van der Waals surface area contributed by atoms with Crippen LogP contribution in [0.4, 0.5) is 5.82 Å². The van der Waals surface area contributed by atoms with Crippen LogP contribution in [0.5, 0.6) is 0 Å². The maximum atomic E-state index is 11.3. The fourth-order valence-electron chi connectivity index (χ4n) is 2.42. The topological polar surface area (TPSA) is 79.5 Å². The molecule has 0 aromatic carbocycles. The fraction of sp³-hybridized carbons (Fsp3) is 0.600. The number of aromatic nitrogens is 1. The molecule has 1 aliphatic rings. The van der Waals surface area contributed by atoms with Gasteiger partial charge in [-0.15, -0.1) is 0 Å². The molecule has 1 aromatic rings. The first-order valence-electron chi connectivity index (χ1n) is 7.02. The Bertz CT molecular complexity index is 508. The van der Waals surface area contributed by atoms with Gasteiger partial charge in [-0.3, -0.25) is 0 Å². The monoisotopic (exact) mass is 277 g/mol. The molecule has 1 atom stereocenters. The number of aromatic carboxylic acids is 1. The van der Waals surface area contributed by atoms with Gasteiger partial charge in [-0.2, -0.15) is 0 Å². The third kappa shape index (κ3) is 3.10. The lowest BCUT2D eigenvalue weighted by Crippen LogP contribution is -2.25. The fourth-order valence-corrected chi connectivity index (χ4v) is 2.42. The van der Waals surface area contributed by atoms with E-state index in [2.05, 4.69) is 9.88 Å². The van der Waals surface area contributed by atoms with E-state index in [4.69, 9.17) is 5.73 Å². The highest BCUT2D eigenvalue weighted by molar-refractivity contribution is 5.88. The highest BCUT2D eigenvalue weighted by Gasteiger charge is 2.25. The van der Waals surface area contributed by atoms with Gasteiger partial charge >= 0.3 is 5.97 Å². The lowest BCUT2D eigenvalue weighted by atomic mass is 9.90. The summed E-state index contributed by atoms with van der Waals surface area (Å²) in [6, 6.07) is 3.33. The lowest BCUT2D eigenvalue weighted by molar-refractivity contribution is 0.0696. The van der Waals surface area contributed by atoms with Crippen LogP contribution < -0.4 is 10.6 Å². The number of rotatable bonds is 3. The molecule has 1 saturated heterocycles. The molecule has 20 heavy (non-hydrogen) atoms. The summed E-state index contributed by atoms with van der Waals surface area (Å²) < 4.78 is 0. The molecule has 3 N–H and O–H groups in total. The third-order valence-corrected chi connectivity index (χ3v) is 3.77. The average molecular weight is 277 g/mol. The van der Waals surface area contributed by atoms with Gasteiger partial charge in [0.05, 0.1) is 5.56 Å². The molecule has 1 aliphatic heterocycles. The van der Waals surface area contributed by atoms with E-state index in [0.717, 1.165) is 31.0 Å². The number of nitrogens with zero attached hydrogens (tertiary/aromatic N) is 2. The Hall–Kier alpha value is -1.62. The van der Waals surface area contributed by atoms with E-state index >= 15 is 0 Å². The van der Waals surface area contributed by atoms with E-state index in [1.54, 1.807) is 12.1 Å². The minimum Gasteiger partial charge on any atom is -0.478 e. The van der Waals surface area contributed by atoms with Crippen molar-refractivity contribution in [2.45, 2.75) is 32.6 Å². The summed E-state index contributed by atoms with van der Waals surface area (Å²) in [6.45, 7) is 8.53. The Morgan fingerprint density at radius 1 is 1.50 bits per heavy atom.